The molecular weight excluding hydrogens is 292 g/mol. The minimum Gasteiger partial charge on any atom is -0.383 e. The highest BCUT2D eigenvalue weighted by Crippen LogP contribution is 2.35. The Bertz CT molecular complexity index is 522. The highest BCUT2D eigenvalue weighted by Gasteiger charge is 2.45. The molecule has 1 aromatic rings. The molecule has 1 spiro atoms. The number of methoxy groups -OCH3 is 1. The van der Waals surface area contributed by atoms with E-state index in [2.05, 4.69) is 17.0 Å². The van der Waals surface area contributed by atoms with Crippen LogP contribution in [0.1, 0.15) is 12.0 Å². The average molecular weight is 318 g/mol. The predicted molar refractivity (Wildman–Crippen MR) is 88.0 cm³/mol. The van der Waals surface area contributed by atoms with Gasteiger partial charge in [0.05, 0.1) is 19.8 Å². The van der Waals surface area contributed by atoms with Crippen molar-refractivity contribution < 1.29 is 14.3 Å². The van der Waals surface area contributed by atoms with Crippen molar-refractivity contribution in [3.8, 4) is 0 Å². The lowest BCUT2D eigenvalue weighted by atomic mass is 9.87. The van der Waals surface area contributed by atoms with Crippen LogP contribution in [0.15, 0.2) is 30.3 Å². The Kier molecular flexibility index (Phi) is 5.30. The molecule has 1 aromatic carbocycles. The molecule has 2 heterocycles. The zero-order valence-corrected chi connectivity index (χ0v) is 13.9. The van der Waals surface area contributed by atoms with Crippen LogP contribution in [0.5, 0.6) is 0 Å². The average Bonchev–Trinajstić information content (AvgIpc) is 2.73. The Morgan fingerprint density at radius 3 is 2.87 bits per heavy atom. The molecule has 23 heavy (non-hydrogen) atoms. The fraction of sp³-hybridized carbons (Fsp3) is 0.611. The Morgan fingerprint density at radius 1 is 1.26 bits per heavy atom. The van der Waals surface area contributed by atoms with E-state index in [1.54, 1.807) is 7.11 Å². The number of rotatable bonds is 5. The van der Waals surface area contributed by atoms with Crippen LogP contribution in [0, 0.1) is 5.41 Å². The molecule has 0 radical (unpaired) electrons. The summed E-state index contributed by atoms with van der Waals surface area (Å²) in [6.07, 6.45) is 0.587. The van der Waals surface area contributed by atoms with Crippen LogP contribution in [0.3, 0.4) is 0 Å². The Hall–Kier alpha value is -1.43. The van der Waals surface area contributed by atoms with Gasteiger partial charge in [0, 0.05) is 51.7 Å². The van der Waals surface area contributed by atoms with Gasteiger partial charge < -0.3 is 14.4 Å². The third-order valence-corrected chi connectivity index (χ3v) is 4.75. The summed E-state index contributed by atoms with van der Waals surface area (Å²) in [6.45, 7) is 6.33. The molecule has 2 saturated heterocycles. The molecule has 2 aliphatic rings. The number of benzene rings is 1. The predicted octanol–water partition coefficient (Wildman–Crippen LogP) is 1.38. The number of amides is 1. The minimum absolute atomic E-state index is 0.0733. The maximum Gasteiger partial charge on any atom is 0.223 e. The number of ether oxygens (including phenoxy) is 2. The highest BCUT2D eigenvalue weighted by atomic mass is 16.5. The maximum absolute atomic E-state index is 12.5. The maximum atomic E-state index is 12.5. The normalized spacial score (nSPS) is 26.0. The fourth-order valence-electron chi connectivity index (χ4n) is 3.62. The molecule has 2 aliphatic heterocycles. The topological polar surface area (TPSA) is 42.0 Å². The van der Waals surface area contributed by atoms with Crippen LogP contribution < -0.4 is 0 Å². The molecule has 5 nitrogen and oxygen atoms in total. The standard InChI is InChI=1S/C18H26N2O3/c1-22-9-7-19-8-10-23-15-18(13-19)11-17(21)20(14-18)12-16-5-3-2-4-6-16/h2-6H,7-15H2,1H3. The molecule has 0 saturated carbocycles. The van der Waals surface area contributed by atoms with Crippen molar-refractivity contribution >= 4 is 5.91 Å². The van der Waals surface area contributed by atoms with E-state index < -0.39 is 0 Å². The third-order valence-electron chi connectivity index (χ3n) is 4.75. The minimum atomic E-state index is -0.0733. The molecule has 3 rings (SSSR count). The van der Waals surface area contributed by atoms with E-state index in [9.17, 15) is 4.79 Å². The molecule has 126 valence electrons. The van der Waals surface area contributed by atoms with Crippen LogP contribution in [0.4, 0.5) is 0 Å². The van der Waals surface area contributed by atoms with Crippen LogP contribution >= 0.6 is 0 Å². The summed E-state index contributed by atoms with van der Waals surface area (Å²) in [6, 6.07) is 10.2. The van der Waals surface area contributed by atoms with Gasteiger partial charge in [-0.15, -0.1) is 0 Å². The lowest BCUT2D eigenvalue weighted by molar-refractivity contribution is -0.128. The molecule has 1 atom stereocenters. The van der Waals surface area contributed by atoms with Crippen LogP contribution in [-0.2, 0) is 20.8 Å². The SMILES string of the molecule is COCCN1CCOCC2(CC(=O)N(Cc3ccccc3)C2)C1. The van der Waals surface area contributed by atoms with E-state index in [0.29, 0.717) is 19.6 Å². The van der Waals surface area contributed by atoms with Crippen molar-refractivity contribution in [3.05, 3.63) is 35.9 Å². The zero-order valence-electron chi connectivity index (χ0n) is 13.9. The molecule has 0 aromatic heterocycles. The smallest absolute Gasteiger partial charge is 0.223 e. The van der Waals surface area contributed by atoms with E-state index in [1.807, 2.05) is 23.1 Å². The van der Waals surface area contributed by atoms with Gasteiger partial charge >= 0.3 is 0 Å². The first-order valence-corrected chi connectivity index (χ1v) is 8.32. The number of carbonyl (C=O) groups excluding carboxylic acids is 1. The monoisotopic (exact) mass is 318 g/mol. The van der Waals surface area contributed by atoms with Gasteiger partial charge in [0.1, 0.15) is 0 Å². The first kappa shape index (κ1) is 16.4. The summed E-state index contributed by atoms with van der Waals surface area (Å²) in [5.41, 5.74) is 1.11. The highest BCUT2D eigenvalue weighted by molar-refractivity contribution is 5.79. The summed E-state index contributed by atoms with van der Waals surface area (Å²) < 4.78 is 11.0. The van der Waals surface area contributed by atoms with Crippen LogP contribution in [0.25, 0.3) is 0 Å². The van der Waals surface area contributed by atoms with Gasteiger partial charge in [0.15, 0.2) is 0 Å². The number of carbonyl (C=O) groups is 1. The van der Waals surface area contributed by atoms with Gasteiger partial charge in [-0.3, -0.25) is 9.69 Å². The van der Waals surface area contributed by atoms with Crippen molar-refractivity contribution in [1.82, 2.24) is 9.80 Å². The summed E-state index contributed by atoms with van der Waals surface area (Å²) >= 11 is 0. The quantitative estimate of drug-likeness (QED) is 0.823. The first-order chi connectivity index (χ1) is 11.2. The van der Waals surface area contributed by atoms with E-state index >= 15 is 0 Å². The van der Waals surface area contributed by atoms with Gasteiger partial charge in [-0.25, -0.2) is 0 Å². The van der Waals surface area contributed by atoms with Crippen molar-refractivity contribution in [1.29, 1.82) is 0 Å². The fourth-order valence-corrected chi connectivity index (χ4v) is 3.62. The van der Waals surface area contributed by atoms with E-state index in [4.69, 9.17) is 9.47 Å². The van der Waals surface area contributed by atoms with Gasteiger partial charge in [0.2, 0.25) is 5.91 Å². The Labute approximate surface area is 138 Å². The van der Waals surface area contributed by atoms with E-state index in [1.165, 1.54) is 5.56 Å². The summed E-state index contributed by atoms with van der Waals surface area (Å²) in [5, 5.41) is 0. The molecule has 1 unspecified atom stereocenters. The van der Waals surface area contributed by atoms with Gasteiger partial charge in [-0.1, -0.05) is 30.3 Å². The molecule has 1 amide bonds. The number of hydrogen-bond acceptors (Lipinski definition) is 4. The van der Waals surface area contributed by atoms with Crippen molar-refractivity contribution in [2.75, 3.05) is 53.1 Å². The Balaban J connectivity index is 1.66. The second-order valence-corrected chi connectivity index (χ2v) is 6.73. The molecule has 5 heteroatoms. The van der Waals surface area contributed by atoms with Crippen molar-refractivity contribution in [2.24, 2.45) is 5.41 Å². The summed E-state index contributed by atoms with van der Waals surface area (Å²) in [7, 11) is 1.73. The van der Waals surface area contributed by atoms with Crippen molar-refractivity contribution in [3.63, 3.8) is 0 Å². The van der Waals surface area contributed by atoms with Crippen molar-refractivity contribution in [2.45, 2.75) is 13.0 Å². The van der Waals surface area contributed by atoms with Crippen LogP contribution in [-0.4, -0.2) is 68.8 Å². The van der Waals surface area contributed by atoms with Gasteiger partial charge in [0.25, 0.3) is 0 Å². The lowest BCUT2D eigenvalue weighted by Crippen LogP contribution is -2.41. The second-order valence-electron chi connectivity index (χ2n) is 6.73. The molecule has 0 bridgehead atoms. The largest absolute Gasteiger partial charge is 0.383 e. The number of likely N-dealkylation sites (tertiary alicyclic amines) is 1. The molecule has 0 N–H and O–H groups in total. The van der Waals surface area contributed by atoms with Gasteiger partial charge in [-0.2, -0.15) is 0 Å². The summed E-state index contributed by atoms with van der Waals surface area (Å²) in [5.74, 6) is 0.242. The van der Waals surface area contributed by atoms with E-state index in [0.717, 1.165) is 39.4 Å². The van der Waals surface area contributed by atoms with Crippen LogP contribution in [0.2, 0.25) is 0 Å². The Morgan fingerprint density at radius 2 is 2.09 bits per heavy atom. The molecular formula is C18H26N2O3. The number of hydrogen-bond donors (Lipinski definition) is 0. The zero-order chi connectivity index (χ0) is 16.1. The lowest BCUT2D eigenvalue weighted by Gasteiger charge is -2.31. The van der Waals surface area contributed by atoms with E-state index in [-0.39, 0.29) is 11.3 Å². The molecule has 0 aliphatic carbocycles. The van der Waals surface area contributed by atoms with Gasteiger partial charge in [-0.05, 0) is 5.56 Å². The number of nitrogens with zero attached hydrogens (tertiary/aromatic N) is 2. The second kappa shape index (κ2) is 7.43. The first-order valence-electron chi connectivity index (χ1n) is 8.32. The molecule has 2 fully saturated rings. The summed E-state index contributed by atoms with van der Waals surface area (Å²) in [4.78, 5) is 16.9. The third kappa shape index (κ3) is 4.10.